The van der Waals surface area contributed by atoms with E-state index in [1.54, 1.807) is 0 Å². The SMILES string of the molecule is CC(C)CNCc1cc(=O)[nH]c(CS(C)(=O)=O)n1. The Morgan fingerprint density at radius 3 is 2.67 bits per heavy atom. The van der Waals surface area contributed by atoms with Gasteiger partial charge in [0, 0.05) is 18.9 Å². The summed E-state index contributed by atoms with van der Waals surface area (Å²) < 4.78 is 22.3. The zero-order valence-corrected chi connectivity index (χ0v) is 11.7. The van der Waals surface area contributed by atoms with Crippen LogP contribution in [0.4, 0.5) is 0 Å². The van der Waals surface area contributed by atoms with E-state index in [1.807, 2.05) is 0 Å². The van der Waals surface area contributed by atoms with Crippen LogP contribution in [0.1, 0.15) is 25.4 Å². The monoisotopic (exact) mass is 273 g/mol. The molecule has 1 rings (SSSR count). The van der Waals surface area contributed by atoms with Gasteiger partial charge in [-0.15, -0.1) is 0 Å². The third-order valence-electron chi connectivity index (χ3n) is 2.10. The molecule has 2 N–H and O–H groups in total. The molecule has 0 spiro atoms. The molecule has 0 atom stereocenters. The summed E-state index contributed by atoms with van der Waals surface area (Å²) in [6.45, 7) is 5.43. The topological polar surface area (TPSA) is 91.9 Å². The van der Waals surface area contributed by atoms with Crippen molar-refractivity contribution < 1.29 is 8.42 Å². The molecule has 0 bridgehead atoms. The molecule has 7 heteroatoms. The highest BCUT2D eigenvalue weighted by Gasteiger charge is 2.08. The number of H-pyrrole nitrogens is 1. The molecule has 0 saturated heterocycles. The van der Waals surface area contributed by atoms with E-state index < -0.39 is 9.84 Å². The van der Waals surface area contributed by atoms with Gasteiger partial charge in [-0.3, -0.25) is 4.79 Å². The summed E-state index contributed by atoms with van der Waals surface area (Å²) in [4.78, 5) is 17.9. The summed E-state index contributed by atoms with van der Waals surface area (Å²) in [5.74, 6) is 0.439. The van der Waals surface area contributed by atoms with E-state index in [9.17, 15) is 13.2 Å². The molecule has 0 unspecified atom stereocenters. The summed E-state index contributed by atoms with van der Waals surface area (Å²) in [7, 11) is -3.20. The number of nitrogens with one attached hydrogen (secondary N) is 2. The van der Waals surface area contributed by atoms with Gasteiger partial charge in [-0.1, -0.05) is 13.8 Å². The lowest BCUT2D eigenvalue weighted by atomic mass is 10.2. The molecular formula is C11H19N3O3S. The second kappa shape index (κ2) is 6.10. The molecule has 1 heterocycles. The first-order chi connectivity index (χ1) is 8.26. The molecule has 18 heavy (non-hydrogen) atoms. The number of sulfone groups is 1. The number of nitrogens with zero attached hydrogens (tertiary/aromatic N) is 1. The van der Waals surface area contributed by atoms with Gasteiger partial charge in [0.1, 0.15) is 11.6 Å². The second-order valence-corrected chi connectivity index (χ2v) is 6.92. The molecule has 0 saturated carbocycles. The summed E-state index contributed by atoms with van der Waals surface area (Å²) in [5.41, 5.74) is 0.225. The first kappa shape index (κ1) is 14.8. The van der Waals surface area contributed by atoms with Crippen molar-refractivity contribution in [2.24, 2.45) is 5.92 Å². The molecule has 102 valence electrons. The zero-order chi connectivity index (χ0) is 13.8. The molecule has 0 aliphatic rings. The summed E-state index contributed by atoms with van der Waals surface area (Å²) in [6, 6.07) is 1.37. The van der Waals surface area contributed by atoms with Crippen molar-refractivity contribution in [2.45, 2.75) is 26.1 Å². The molecule has 0 aliphatic carbocycles. The van der Waals surface area contributed by atoms with E-state index in [2.05, 4.69) is 29.1 Å². The van der Waals surface area contributed by atoms with Crippen LogP contribution >= 0.6 is 0 Å². The Morgan fingerprint density at radius 2 is 2.11 bits per heavy atom. The molecule has 0 amide bonds. The third-order valence-corrected chi connectivity index (χ3v) is 2.90. The van der Waals surface area contributed by atoms with E-state index in [-0.39, 0.29) is 17.1 Å². The minimum absolute atomic E-state index is 0.186. The van der Waals surface area contributed by atoms with Crippen LogP contribution in [0, 0.1) is 5.92 Å². The standard InChI is InChI=1S/C11H19N3O3S/c1-8(2)5-12-6-9-4-11(15)14-10(13-9)7-18(3,16)17/h4,8,12H,5-7H2,1-3H3,(H,13,14,15). The maximum atomic E-state index is 11.4. The Bertz CT molecular complexity index is 549. The Labute approximate surface area is 107 Å². The van der Waals surface area contributed by atoms with Crippen LogP contribution in [0.25, 0.3) is 0 Å². The highest BCUT2D eigenvalue weighted by Crippen LogP contribution is 1.98. The molecule has 0 fully saturated rings. The maximum Gasteiger partial charge on any atom is 0.251 e. The van der Waals surface area contributed by atoms with Gasteiger partial charge >= 0.3 is 0 Å². The van der Waals surface area contributed by atoms with Crippen LogP contribution in [-0.4, -0.2) is 31.2 Å². The summed E-state index contributed by atoms with van der Waals surface area (Å²) >= 11 is 0. The van der Waals surface area contributed by atoms with Crippen LogP contribution in [0.2, 0.25) is 0 Å². The Morgan fingerprint density at radius 1 is 1.44 bits per heavy atom. The smallest absolute Gasteiger partial charge is 0.251 e. The predicted octanol–water partition coefficient (Wildman–Crippen LogP) is 0.0601. The van der Waals surface area contributed by atoms with Crippen LogP contribution in [0.3, 0.4) is 0 Å². The van der Waals surface area contributed by atoms with E-state index in [4.69, 9.17) is 0 Å². The van der Waals surface area contributed by atoms with Crippen LogP contribution in [-0.2, 0) is 22.1 Å². The molecule has 6 nitrogen and oxygen atoms in total. The van der Waals surface area contributed by atoms with E-state index in [1.165, 1.54) is 6.07 Å². The number of rotatable bonds is 6. The Hall–Kier alpha value is -1.21. The maximum absolute atomic E-state index is 11.4. The van der Waals surface area contributed by atoms with Crippen molar-refractivity contribution >= 4 is 9.84 Å². The fourth-order valence-corrected chi connectivity index (χ4v) is 2.09. The number of hydrogen-bond donors (Lipinski definition) is 2. The number of aromatic nitrogens is 2. The summed E-state index contributed by atoms with van der Waals surface area (Å²) in [5, 5.41) is 3.15. The van der Waals surface area contributed by atoms with Gasteiger partial charge in [0.25, 0.3) is 5.56 Å². The zero-order valence-electron chi connectivity index (χ0n) is 10.9. The van der Waals surface area contributed by atoms with Gasteiger partial charge in [0.05, 0.1) is 5.69 Å². The van der Waals surface area contributed by atoms with Crippen molar-refractivity contribution in [2.75, 3.05) is 12.8 Å². The fourth-order valence-electron chi connectivity index (χ4n) is 1.46. The highest BCUT2D eigenvalue weighted by molar-refractivity contribution is 7.89. The minimum Gasteiger partial charge on any atom is -0.311 e. The van der Waals surface area contributed by atoms with Gasteiger partial charge in [0.15, 0.2) is 9.84 Å². The van der Waals surface area contributed by atoms with Crippen molar-refractivity contribution in [3.63, 3.8) is 0 Å². The molecule has 0 aliphatic heterocycles. The molecule has 1 aromatic rings. The average Bonchev–Trinajstić information content (AvgIpc) is 2.12. The van der Waals surface area contributed by atoms with Crippen molar-refractivity contribution in [1.82, 2.24) is 15.3 Å². The Balaban J connectivity index is 2.78. The van der Waals surface area contributed by atoms with Crippen LogP contribution in [0.5, 0.6) is 0 Å². The lowest BCUT2D eigenvalue weighted by Crippen LogP contribution is -2.22. The van der Waals surface area contributed by atoms with Gasteiger partial charge in [0.2, 0.25) is 0 Å². The van der Waals surface area contributed by atoms with Gasteiger partial charge in [-0.05, 0) is 12.5 Å². The quantitative estimate of drug-likeness (QED) is 0.764. The lowest BCUT2D eigenvalue weighted by molar-refractivity contribution is 0.546. The van der Waals surface area contributed by atoms with Crippen LogP contribution in [0.15, 0.2) is 10.9 Å². The number of hydrogen-bond acceptors (Lipinski definition) is 5. The first-order valence-electron chi connectivity index (χ1n) is 5.74. The molecule has 1 aromatic heterocycles. The molecular weight excluding hydrogens is 254 g/mol. The normalized spacial score (nSPS) is 12.0. The van der Waals surface area contributed by atoms with Crippen molar-refractivity contribution in [3.05, 3.63) is 27.9 Å². The van der Waals surface area contributed by atoms with Crippen LogP contribution < -0.4 is 10.9 Å². The highest BCUT2D eigenvalue weighted by atomic mass is 32.2. The number of aromatic amines is 1. The van der Waals surface area contributed by atoms with E-state index in [0.29, 0.717) is 18.2 Å². The molecule has 0 radical (unpaired) electrons. The fraction of sp³-hybridized carbons (Fsp3) is 0.636. The van der Waals surface area contributed by atoms with Crippen molar-refractivity contribution in [3.8, 4) is 0 Å². The van der Waals surface area contributed by atoms with Gasteiger partial charge < -0.3 is 10.3 Å². The largest absolute Gasteiger partial charge is 0.311 e. The lowest BCUT2D eigenvalue weighted by Gasteiger charge is -2.07. The third kappa shape index (κ3) is 5.92. The second-order valence-electron chi connectivity index (χ2n) is 4.78. The van der Waals surface area contributed by atoms with Crippen molar-refractivity contribution in [1.29, 1.82) is 0 Å². The van der Waals surface area contributed by atoms with Gasteiger partial charge in [-0.25, -0.2) is 13.4 Å². The van der Waals surface area contributed by atoms with E-state index >= 15 is 0 Å². The molecule has 0 aromatic carbocycles. The Kier molecular flexibility index (Phi) is 5.03. The minimum atomic E-state index is -3.20. The first-order valence-corrected chi connectivity index (χ1v) is 7.80. The van der Waals surface area contributed by atoms with Gasteiger partial charge in [-0.2, -0.15) is 0 Å². The van der Waals surface area contributed by atoms with E-state index in [0.717, 1.165) is 12.8 Å². The predicted molar refractivity (Wildman–Crippen MR) is 70.0 cm³/mol. The average molecular weight is 273 g/mol. The summed E-state index contributed by atoms with van der Waals surface area (Å²) in [6.07, 6.45) is 1.11.